The third-order valence-electron chi connectivity index (χ3n) is 4.25. The van der Waals surface area contributed by atoms with E-state index in [1.54, 1.807) is 12.1 Å². The lowest BCUT2D eigenvalue weighted by Gasteiger charge is -2.29. The highest BCUT2D eigenvalue weighted by atomic mass is 16.3. The van der Waals surface area contributed by atoms with Crippen LogP contribution >= 0.6 is 0 Å². The monoisotopic (exact) mass is 242 g/mol. The first-order valence-electron chi connectivity index (χ1n) is 6.53. The predicted octanol–water partition coefficient (Wildman–Crippen LogP) is 2.71. The van der Waals surface area contributed by atoms with Crippen LogP contribution in [0, 0.1) is 0 Å². The molecule has 3 rings (SSSR count). The summed E-state index contributed by atoms with van der Waals surface area (Å²) in [6.07, 6.45) is 6.64. The molecule has 0 saturated heterocycles. The minimum absolute atomic E-state index is 0.109. The molecule has 1 aliphatic rings. The number of fused-ring (bicyclic) bond motifs is 1. The Labute approximate surface area is 107 Å². The molecule has 3 nitrogen and oxygen atoms in total. The van der Waals surface area contributed by atoms with Crippen molar-refractivity contribution >= 4 is 10.9 Å². The molecule has 0 atom stereocenters. The number of pyridine rings is 1. The van der Waals surface area contributed by atoms with Gasteiger partial charge in [-0.15, -0.1) is 0 Å². The number of phenols is 1. The number of benzene rings is 1. The molecule has 0 aliphatic heterocycles. The molecule has 0 amide bonds. The maximum atomic E-state index is 9.54. The van der Waals surface area contributed by atoms with Gasteiger partial charge in [-0.05, 0) is 36.6 Å². The maximum absolute atomic E-state index is 9.54. The second kappa shape index (κ2) is 4.25. The molecule has 0 spiro atoms. The molecule has 1 aliphatic carbocycles. The lowest BCUT2D eigenvalue weighted by molar-refractivity contribution is 0.456. The Morgan fingerprint density at radius 2 is 2.00 bits per heavy atom. The molecule has 1 aromatic heterocycles. The van der Waals surface area contributed by atoms with Crippen molar-refractivity contribution in [3.05, 3.63) is 36.0 Å². The van der Waals surface area contributed by atoms with Gasteiger partial charge in [0.15, 0.2) is 0 Å². The molecule has 0 bridgehead atoms. The highest BCUT2D eigenvalue weighted by molar-refractivity contribution is 5.84. The second-order valence-corrected chi connectivity index (χ2v) is 5.25. The van der Waals surface area contributed by atoms with Crippen LogP contribution < -0.4 is 5.73 Å². The molecule has 0 radical (unpaired) electrons. The fourth-order valence-electron chi connectivity index (χ4n) is 3.23. The van der Waals surface area contributed by atoms with E-state index in [4.69, 9.17) is 5.73 Å². The maximum Gasteiger partial charge on any atom is 0.117 e. The molecule has 0 unspecified atom stereocenters. The van der Waals surface area contributed by atoms with E-state index in [1.165, 1.54) is 18.4 Å². The lowest BCUT2D eigenvalue weighted by atomic mass is 9.77. The Hall–Kier alpha value is -1.61. The topological polar surface area (TPSA) is 59.1 Å². The molecule has 1 aromatic carbocycles. The van der Waals surface area contributed by atoms with E-state index in [2.05, 4.69) is 11.1 Å². The van der Waals surface area contributed by atoms with Crippen LogP contribution in [-0.2, 0) is 5.41 Å². The van der Waals surface area contributed by atoms with Crippen molar-refractivity contribution in [3.63, 3.8) is 0 Å². The summed E-state index contributed by atoms with van der Waals surface area (Å²) in [5, 5.41) is 10.7. The normalized spacial score (nSPS) is 18.3. The van der Waals surface area contributed by atoms with Crippen LogP contribution in [0.4, 0.5) is 0 Å². The van der Waals surface area contributed by atoms with E-state index in [0.717, 1.165) is 23.7 Å². The zero-order valence-electron chi connectivity index (χ0n) is 10.4. The van der Waals surface area contributed by atoms with Crippen molar-refractivity contribution in [3.8, 4) is 5.75 Å². The first-order chi connectivity index (χ1) is 8.75. The van der Waals surface area contributed by atoms with Crippen molar-refractivity contribution in [2.24, 2.45) is 5.73 Å². The third-order valence-corrected chi connectivity index (χ3v) is 4.25. The van der Waals surface area contributed by atoms with Gasteiger partial charge in [-0.1, -0.05) is 12.8 Å². The van der Waals surface area contributed by atoms with Crippen LogP contribution in [0.15, 0.2) is 30.5 Å². The van der Waals surface area contributed by atoms with Gasteiger partial charge in [-0.3, -0.25) is 4.98 Å². The Morgan fingerprint density at radius 3 is 2.72 bits per heavy atom. The van der Waals surface area contributed by atoms with E-state index in [0.29, 0.717) is 6.54 Å². The summed E-state index contributed by atoms with van der Waals surface area (Å²) in [5.74, 6) is 0.264. The number of phenolic OH excluding ortho intramolecular Hbond substituents is 1. The van der Waals surface area contributed by atoms with Crippen LogP contribution in [0.5, 0.6) is 5.75 Å². The standard InChI is InChI=1S/C15H18N2O/c16-10-15(6-1-2-7-15)13-5-8-17-14-9-11(18)3-4-12(13)14/h3-5,8-9,18H,1-2,6-7,10,16H2. The average Bonchev–Trinajstić information content (AvgIpc) is 2.87. The summed E-state index contributed by atoms with van der Waals surface area (Å²) in [4.78, 5) is 4.34. The zero-order valence-corrected chi connectivity index (χ0v) is 10.4. The minimum Gasteiger partial charge on any atom is -0.508 e. The number of nitrogens with zero attached hydrogens (tertiary/aromatic N) is 1. The molecule has 18 heavy (non-hydrogen) atoms. The van der Waals surface area contributed by atoms with Gasteiger partial charge in [0.25, 0.3) is 0 Å². The van der Waals surface area contributed by atoms with Crippen molar-refractivity contribution in [2.45, 2.75) is 31.1 Å². The van der Waals surface area contributed by atoms with Gasteiger partial charge >= 0.3 is 0 Å². The smallest absolute Gasteiger partial charge is 0.117 e. The molecule has 1 saturated carbocycles. The van der Waals surface area contributed by atoms with Crippen molar-refractivity contribution < 1.29 is 5.11 Å². The lowest BCUT2D eigenvalue weighted by Crippen LogP contribution is -2.32. The van der Waals surface area contributed by atoms with Gasteiger partial charge in [0.1, 0.15) is 5.75 Å². The highest BCUT2D eigenvalue weighted by Crippen LogP contribution is 2.42. The molecular formula is C15H18N2O. The first-order valence-corrected chi connectivity index (χ1v) is 6.53. The number of rotatable bonds is 2. The van der Waals surface area contributed by atoms with E-state index in [1.807, 2.05) is 12.3 Å². The fraction of sp³-hybridized carbons (Fsp3) is 0.400. The van der Waals surface area contributed by atoms with E-state index in [9.17, 15) is 5.11 Å². The summed E-state index contributed by atoms with van der Waals surface area (Å²) in [7, 11) is 0. The number of nitrogens with two attached hydrogens (primary N) is 1. The van der Waals surface area contributed by atoms with Gasteiger partial charge in [0.05, 0.1) is 5.52 Å². The molecule has 1 fully saturated rings. The Balaban J connectivity index is 2.22. The van der Waals surface area contributed by atoms with Gasteiger partial charge in [0.2, 0.25) is 0 Å². The Morgan fingerprint density at radius 1 is 1.22 bits per heavy atom. The van der Waals surface area contributed by atoms with Gasteiger partial charge in [0, 0.05) is 29.6 Å². The molecule has 3 N–H and O–H groups in total. The highest BCUT2D eigenvalue weighted by Gasteiger charge is 2.35. The predicted molar refractivity (Wildman–Crippen MR) is 72.6 cm³/mol. The van der Waals surface area contributed by atoms with Crippen molar-refractivity contribution in [2.75, 3.05) is 6.54 Å². The first kappa shape index (κ1) is 11.5. The fourth-order valence-corrected chi connectivity index (χ4v) is 3.23. The van der Waals surface area contributed by atoms with E-state index < -0.39 is 0 Å². The summed E-state index contributed by atoms with van der Waals surface area (Å²) in [6, 6.07) is 7.50. The zero-order chi connectivity index (χ0) is 12.6. The van der Waals surface area contributed by atoms with Crippen LogP contribution in [0.3, 0.4) is 0 Å². The summed E-state index contributed by atoms with van der Waals surface area (Å²) >= 11 is 0. The van der Waals surface area contributed by atoms with Crippen LogP contribution in [0.2, 0.25) is 0 Å². The number of hydrogen-bond acceptors (Lipinski definition) is 3. The van der Waals surface area contributed by atoms with Gasteiger partial charge in [-0.2, -0.15) is 0 Å². The summed E-state index contributed by atoms with van der Waals surface area (Å²) in [5.41, 5.74) is 8.31. The van der Waals surface area contributed by atoms with Crippen molar-refractivity contribution in [1.82, 2.24) is 4.98 Å². The van der Waals surface area contributed by atoms with E-state index >= 15 is 0 Å². The SMILES string of the molecule is NCC1(c2ccnc3cc(O)ccc23)CCCC1. The molecule has 1 heterocycles. The Kier molecular flexibility index (Phi) is 2.71. The summed E-state index contributed by atoms with van der Waals surface area (Å²) in [6.45, 7) is 0.687. The number of aromatic hydroxyl groups is 1. The van der Waals surface area contributed by atoms with Crippen LogP contribution in [0.25, 0.3) is 10.9 Å². The number of aromatic nitrogens is 1. The van der Waals surface area contributed by atoms with Gasteiger partial charge in [-0.25, -0.2) is 0 Å². The third kappa shape index (κ3) is 1.66. The summed E-state index contributed by atoms with van der Waals surface area (Å²) < 4.78 is 0. The van der Waals surface area contributed by atoms with Crippen LogP contribution in [-0.4, -0.2) is 16.6 Å². The number of hydrogen-bond donors (Lipinski definition) is 2. The van der Waals surface area contributed by atoms with Crippen LogP contribution in [0.1, 0.15) is 31.2 Å². The quantitative estimate of drug-likeness (QED) is 0.851. The molecule has 94 valence electrons. The Bertz CT molecular complexity index is 574. The van der Waals surface area contributed by atoms with Crippen molar-refractivity contribution in [1.29, 1.82) is 0 Å². The second-order valence-electron chi connectivity index (χ2n) is 5.25. The minimum atomic E-state index is 0.109. The van der Waals surface area contributed by atoms with Gasteiger partial charge < -0.3 is 10.8 Å². The largest absolute Gasteiger partial charge is 0.508 e. The molecule has 2 aromatic rings. The molecule has 3 heteroatoms. The molecular weight excluding hydrogens is 224 g/mol. The van der Waals surface area contributed by atoms with E-state index in [-0.39, 0.29) is 11.2 Å². The average molecular weight is 242 g/mol.